The second-order valence-corrected chi connectivity index (χ2v) is 12.1. The average Bonchev–Trinajstić information content (AvgIpc) is 3.57. The maximum Gasteiger partial charge on any atom is 0.225 e. The van der Waals surface area contributed by atoms with Crippen molar-refractivity contribution in [2.75, 3.05) is 24.6 Å². The number of nitrogens with zero attached hydrogens (tertiary/aromatic N) is 3. The molecule has 0 aliphatic heterocycles. The molecule has 2 aromatic heterocycles. The van der Waals surface area contributed by atoms with E-state index in [0.717, 1.165) is 53.1 Å². The quantitative estimate of drug-likeness (QED) is 0.344. The van der Waals surface area contributed by atoms with Gasteiger partial charge >= 0.3 is 0 Å². The van der Waals surface area contributed by atoms with Crippen molar-refractivity contribution in [3.8, 4) is 5.75 Å². The molecule has 0 bridgehead atoms. The fourth-order valence-corrected chi connectivity index (χ4v) is 6.40. The lowest BCUT2D eigenvalue weighted by atomic mass is 9.87. The Balaban J connectivity index is 1.47. The molecule has 7 nitrogen and oxygen atoms in total. The second-order valence-electron chi connectivity index (χ2n) is 11.0. The van der Waals surface area contributed by atoms with Crippen LogP contribution in [0, 0.1) is 11.8 Å². The molecule has 5 rings (SSSR count). The molecule has 0 radical (unpaired) electrons. The molecular formula is C29H37N5O2S. The van der Waals surface area contributed by atoms with E-state index >= 15 is 0 Å². The van der Waals surface area contributed by atoms with Gasteiger partial charge < -0.3 is 20.7 Å². The van der Waals surface area contributed by atoms with E-state index < -0.39 is 0 Å². The predicted octanol–water partition coefficient (Wildman–Crippen LogP) is 6.20. The van der Waals surface area contributed by atoms with Crippen LogP contribution in [0.5, 0.6) is 5.75 Å². The maximum absolute atomic E-state index is 13.1. The van der Waals surface area contributed by atoms with Gasteiger partial charge in [0.25, 0.3) is 0 Å². The number of aromatic nitrogens is 2. The van der Waals surface area contributed by atoms with Gasteiger partial charge in [-0.05, 0) is 82.9 Å². The van der Waals surface area contributed by atoms with Crippen LogP contribution in [-0.2, 0) is 17.6 Å². The summed E-state index contributed by atoms with van der Waals surface area (Å²) in [7, 11) is 1.96. The van der Waals surface area contributed by atoms with Gasteiger partial charge in [-0.1, -0.05) is 11.6 Å². The Morgan fingerprint density at radius 2 is 2.05 bits per heavy atom. The van der Waals surface area contributed by atoms with Crippen LogP contribution >= 0.6 is 11.3 Å². The van der Waals surface area contributed by atoms with Gasteiger partial charge in [-0.15, -0.1) is 11.3 Å². The predicted molar refractivity (Wildman–Crippen MR) is 153 cm³/mol. The fraction of sp³-hybridized carbons (Fsp3) is 0.483. The first-order valence-corrected chi connectivity index (χ1v) is 14.0. The molecule has 3 aromatic rings. The van der Waals surface area contributed by atoms with Crippen LogP contribution in [0.2, 0.25) is 0 Å². The number of carbonyl (C=O) groups excluding carboxylic acids is 1. The van der Waals surface area contributed by atoms with Crippen molar-refractivity contribution in [3.63, 3.8) is 0 Å². The smallest absolute Gasteiger partial charge is 0.225 e. The van der Waals surface area contributed by atoms with Gasteiger partial charge in [-0.2, -0.15) is 0 Å². The van der Waals surface area contributed by atoms with Gasteiger partial charge in [0.05, 0.1) is 17.2 Å². The number of carbonyl (C=O) groups is 1. The third-order valence-corrected chi connectivity index (χ3v) is 8.21. The maximum atomic E-state index is 13.1. The molecule has 1 fully saturated rings. The number of hydrogen-bond acceptors (Lipinski definition) is 7. The number of benzene rings is 1. The summed E-state index contributed by atoms with van der Waals surface area (Å²) in [6.07, 6.45) is 8.67. The van der Waals surface area contributed by atoms with E-state index in [1.165, 1.54) is 28.9 Å². The minimum Gasteiger partial charge on any atom is -0.489 e. The van der Waals surface area contributed by atoms with Crippen LogP contribution in [0.15, 0.2) is 24.0 Å². The highest BCUT2D eigenvalue weighted by Gasteiger charge is 2.32. The highest BCUT2D eigenvalue weighted by atomic mass is 32.1. The number of hydrogen-bond donors (Lipinski definition) is 2. The third-order valence-electron chi connectivity index (χ3n) is 7.04. The molecule has 1 atom stereocenters. The van der Waals surface area contributed by atoms with Crippen LogP contribution in [-0.4, -0.2) is 40.5 Å². The summed E-state index contributed by atoms with van der Waals surface area (Å²) in [5.74, 6) is 2.49. The first kappa shape index (κ1) is 25.5. The Hall–Kier alpha value is -3.13. The molecule has 0 spiro atoms. The number of allylic oxidation sites excluding steroid dienone is 1. The number of fused-ring (bicyclic) bond motifs is 3. The van der Waals surface area contributed by atoms with Crippen molar-refractivity contribution in [1.82, 2.24) is 14.9 Å². The van der Waals surface area contributed by atoms with Crippen LogP contribution in [0.3, 0.4) is 0 Å². The molecule has 196 valence electrons. The number of rotatable bonds is 8. The number of amides is 1. The third kappa shape index (κ3) is 5.59. The molecule has 1 aromatic carbocycles. The van der Waals surface area contributed by atoms with Gasteiger partial charge in [0.1, 0.15) is 22.7 Å². The number of nitrogens with one attached hydrogen (secondary N) is 1. The SMILES string of the molecule is CC(C)=Cc1cc(Nc2ncnc3sc4c(c23)CCC(C(=O)N(C)CC2CC2)C4)c(OC(C)C)cc1N. The van der Waals surface area contributed by atoms with E-state index in [2.05, 4.69) is 35.2 Å². The molecule has 2 aliphatic carbocycles. The van der Waals surface area contributed by atoms with E-state index in [1.807, 2.05) is 37.9 Å². The van der Waals surface area contributed by atoms with Crippen LogP contribution in [0.4, 0.5) is 17.2 Å². The Kier molecular flexibility index (Phi) is 7.12. The van der Waals surface area contributed by atoms with Gasteiger partial charge in [0.2, 0.25) is 5.91 Å². The summed E-state index contributed by atoms with van der Waals surface area (Å²) < 4.78 is 6.11. The van der Waals surface area contributed by atoms with Crippen molar-refractivity contribution in [2.24, 2.45) is 11.8 Å². The van der Waals surface area contributed by atoms with Crippen LogP contribution < -0.4 is 15.8 Å². The van der Waals surface area contributed by atoms with Gasteiger partial charge in [0.15, 0.2) is 0 Å². The fourth-order valence-electron chi connectivity index (χ4n) is 5.13. The zero-order chi connectivity index (χ0) is 26.3. The van der Waals surface area contributed by atoms with Crippen molar-refractivity contribution in [1.29, 1.82) is 0 Å². The van der Waals surface area contributed by atoms with E-state index in [9.17, 15) is 4.79 Å². The highest BCUT2D eigenvalue weighted by molar-refractivity contribution is 7.19. The minimum atomic E-state index is 0.00101. The Labute approximate surface area is 223 Å². The largest absolute Gasteiger partial charge is 0.489 e. The van der Waals surface area contributed by atoms with E-state index in [-0.39, 0.29) is 17.9 Å². The summed E-state index contributed by atoms with van der Waals surface area (Å²) in [4.78, 5) is 26.5. The molecule has 1 saturated carbocycles. The first-order chi connectivity index (χ1) is 17.7. The summed E-state index contributed by atoms with van der Waals surface area (Å²) in [5.41, 5.74) is 11.2. The topological polar surface area (TPSA) is 93.4 Å². The average molecular weight is 520 g/mol. The van der Waals surface area contributed by atoms with Crippen LogP contribution in [0.1, 0.15) is 63.0 Å². The second kappa shape index (κ2) is 10.3. The molecule has 1 amide bonds. The Morgan fingerprint density at radius 1 is 1.27 bits per heavy atom. The van der Waals surface area contributed by atoms with Crippen LogP contribution in [0.25, 0.3) is 16.3 Å². The van der Waals surface area contributed by atoms with Crippen molar-refractivity contribution in [3.05, 3.63) is 40.0 Å². The monoisotopic (exact) mass is 519 g/mol. The molecule has 2 heterocycles. The van der Waals surface area contributed by atoms with Gasteiger partial charge in [-0.25, -0.2) is 9.97 Å². The number of ether oxygens (including phenoxy) is 1. The van der Waals surface area contributed by atoms with Crippen molar-refractivity contribution >= 4 is 50.7 Å². The summed E-state index contributed by atoms with van der Waals surface area (Å²) >= 11 is 1.69. The summed E-state index contributed by atoms with van der Waals surface area (Å²) in [6.45, 7) is 9.01. The summed E-state index contributed by atoms with van der Waals surface area (Å²) in [5, 5.41) is 4.60. The highest BCUT2D eigenvalue weighted by Crippen LogP contribution is 2.42. The lowest BCUT2D eigenvalue weighted by Gasteiger charge is -2.26. The van der Waals surface area contributed by atoms with Crippen molar-refractivity contribution in [2.45, 2.75) is 65.9 Å². The molecule has 2 aliphatic rings. The lowest BCUT2D eigenvalue weighted by molar-refractivity contribution is -0.134. The Morgan fingerprint density at radius 3 is 2.76 bits per heavy atom. The minimum absolute atomic E-state index is 0.00101. The number of nitrogen functional groups attached to an aromatic ring is 1. The molecule has 3 N–H and O–H groups in total. The molecular weight excluding hydrogens is 482 g/mol. The zero-order valence-corrected chi connectivity index (χ0v) is 23.2. The number of thiophene rings is 1. The molecule has 8 heteroatoms. The van der Waals surface area contributed by atoms with E-state index in [0.29, 0.717) is 17.4 Å². The number of nitrogens with two attached hydrogens (primary N) is 1. The molecule has 0 saturated heterocycles. The standard InChI is InChI=1S/C29H37N5O2S/c1-16(2)10-20-11-23(24(13-22(20)30)36-17(3)4)33-27-26-21-9-8-19(29(35)34(5)14-18-6-7-18)12-25(21)37-28(26)32-15-31-27/h10-11,13,15,17-19H,6-9,12,14,30H2,1-5H3,(H,31,32,33). The number of anilines is 3. The Bertz CT molecular complexity index is 1350. The molecule has 1 unspecified atom stereocenters. The first-order valence-electron chi connectivity index (χ1n) is 13.2. The van der Waals surface area contributed by atoms with Gasteiger partial charge in [-0.3, -0.25) is 4.79 Å². The lowest BCUT2D eigenvalue weighted by Crippen LogP contribution is -2.36. The van der Waals surface area contributed by atoms with Crippen molar-refractivity contribution < 1.29 is 9.53 Å². The van der Waals surface area contributed by atoms with E-state index in [4.69, 9.17) is 10.5 Å². The zero-order valence-electron chi connectivity index (χ0n) is 22.4. The van der Waals surface area contributed by atoms with E-state index in [1.54, 1.807) is 17.7 Å². The summed E-state index contributed by atoms with van der Waals surface area (Å²) in [6, 6.07) is 3.91. The normalized spacial score (nSPS) is 17.0. The number of aryl methyl sites for hydroxylation is 1. The van der Waals surface area contributed by atoms with Gasteiger partial charge in [0, 0.05) is 36.1 Å². The molecule has 37 heavy (non-hydrogen) atoms.